The first kappa shape index (κ1) is 18.5. The smallest absolute Gasteiger partial charge is 0.181 e. The summed E-state index contributed by atoms with van der Waals surface area (Å²) in [5, 5.41) is 9.88. The number of hydrogen-bond donors (Lipinski definition) is 0. The lowest BCUT2D eigenvalue weighted by Gasteiger charge is -2.13. The van der Waals surface area contributed by atoms with Gasteiger partial charge in [-0.25, -0.2) is 0 Å². The van der Waals surface area contributed by atoms with Gasteiger partial charge >= 0.3 is 0 Å². The van der Waals surface area contributed by atoms with Crippen molar-refractivity contribution in [2.24, 2.45) is 0 Å². The average Bonchev–Trinajstić information content (AvgIpc) is 2.60. The minimum atomic E-state index is 0.0990. The summed E-state index contributed by atoms with van der Waals surface area (Å²) in [5.41, 5.74) is 3.27. The molecule has 0 aliphatic heterocycles. The zero-order valence-electron chi connectivity index (χ0n) is 14.2. The molecule has 0 spiro atoms. The van der Waals surface area contributed by atoms with E-state index in [1.54, 1.807) is 18.2 Å². The summed E-state index contributed by atoms with van der Waals surface area (Å²) in [7, 11) is 0. The molecule has 25 heavy (non-hydrogen) atoms. The van der Waals surface area contributed by atoms with E-state index in [1.165, 1.54) is 0 Å². The number of hydrogen-bond acceptors (Lipinski definition) is 3. The number of ether oxygens (including phenoxy) is 2. The highest BCUT2D eigenvalue weighted by Crippen LogP contribution is 2.37. The van der Waals surface area contributed by atoms with Gasteiger partial charge in [0.05, 0.1) is 23.3 Å². The number of aryl methyl sites for hydroxylation is 1. The van der Waals surface area contributed by atoms with Crippen LogP contribution in [0.5, 0.6) is 11.5 Å². The second-order valence-corrected chi connectivity index (χ2v) is 5.70. The molecular weight excluding hydrogens is 334 g/mol. The summed E-state index contributed by atoms with van der Waals surface area (Å²) >= 11 is 6.31. The van der Waals surface area contributed by atoms with Crippen molar-refractivity contribution in [3.8, 4) is 29.9 Å². The van der Waals surface area contributed by atoms with Crippen LogP contribution in [0.4, 0.5) is 0 Å². The maximum atomic E-state index is 9.49. The van der Waals surface area contributed by atoms with Crippen LogP contribution in [0.1, 0.15) is 23.6 Å². The van der Waals surface area contributed by atoms with Gasteiger partial charge in [0.15, 0.2) is 11.5 Å². The van der Waals surface area contributed by atoms with Gasteiger partial charge in [-0.2, -0.15) is 5.26 Å². The Morgan fingerprint density at radius 3 is 2.56 bits per heavy atom. The quantitative estimate of drug-likeness (QED) is 0.412. The average molecular weight is 352 g/mol. The summed E-state index contributed by atoms with van der Waals surface area (Å²) in [4.78, 5) is 0. The van der Waals surface area contributed by atoms with Gasteiger partial charge in [0, 0.05) is 0 Å². The van der Waals surface area contributed by atoms with Gasteiger partial charge in [0.2, 0.25) is 0 Å². The molecule has 0 N–H and O–H groups in total. The Morgan fingerprint density at radius 1 is 1.24 bits per heavy atom. The molecule has 2 aromatic rings. The van der Waals surface area contributed by atoms with E-state index in [1.807, 2.05) is 38.1 Å². The fourth-order valence-corrected chi connectivity index (χ4v) is 2.54. The molecule has 2 rings (SSSR count). The van der Waals surface area contributed by atoms with E-state index < -0.39 is 0 Å². The molecule has 0 aliphatic rings. The Labute approximate surface area is 153 Å². The minimum Gasteiger partial charge on any atom is -0.490 e. The maximum Gasteiger partial charge on any atom is 0.181 e. The molecule has 0 heterocycles. The topological polar surface area (TPSA) is 42.2 Å². The lowest BCUT2D eigenvalue weighted by molar-refractivity contribution is 0.299. The summed E-state index contributed by atoms with van der Waals surface area (Å²) in [6.45, 7) is 4.43. The van der Waals surface area contributed by atoms with Crippen LogP contribution in [0, 0.1) is 30.6 Å². The zero-order valence-corrected chi connectivity index (χ0v) is 14.9. The van der Waals surface area contributed by atoms with Gasteiger partial charge in [-0.3, -0.25) is 0 Å². The van der Waals surface area contributed by atoms with E-state index in [-0.39, 0.29) is 6.61 Å². The third-order valence-corrected chi connectivity index (χ3v) is 3.71. The largest absolute Gasteiger partial charge is 0.490 e. The van der Waals surface area contributed by atoms with Crippen LogP contribution in [-0.4, -0.2) is 13.2 Å². The van der Waals surface area contributed by atoms with Gasteiger partial charge in [0.25, 0.3) is 0 Å². The molecule has 0 aromatic heterocycles. The standard InChI is InChI=1S/C21H18ClNO2/c1-4-10-25-21-19(22)12-16(13-20(21)24-5-2)11-18(14-23)17-8-6-15(3)7-9-17/h1,6-9,11-13H,5,10H2,2-3H3/b18-11+. The molecule has 0 aliphatic carbocycles. The third kappa shape index (κ3) is 4.80. The number of halogens is 1. The van der Waals surface area contributed by atoms with Gasteiger partial charge in [-0.1, -0.05) is 47.4 Å². The van der Waals surface area contributed by atoms with E-state index in [0.29, 0.717) is 28.7 Å². The van der Waals surface area contributed by atoms with Gasteiger partial charge < -0.3 is 9.47 Å². The summed E-state index contributed by atoms with van der Waals surface area (Å²) in [5.74, 6) is 3.31. The van der Waals surface area contributed by atoms with Crippen molar-refractivity contribution in [3.05, 3.63) is 58.1 Å². The molecule has 0 bridgehead atoms. The van der Waals surface area contributed by atoms with E-state index in [4.69, 9.17) is 27.5 Å². The first-order valence-corrected chi connectivity index (χ1v) is 8.18. The second-order valence-electron chi connectivity index (χ2n) is 5.29. The highest BCUT2D eigenvalue weighted by molar-refractivity contribution is 6.32. The van der Waals surface area contributed by atoms with Crippen molar-refractivity contribution in [3.63, 3.8) is 0 Å². The fraction of sp³-hybridized carbons (Fsp3) is 0.190. The number of terminal acetylenes is 1. The zero-order chi connectivity index (χ0) is 18.2. The molecule has 0 unspecified atom stereocenters. The van der Waals surface area contributed by atoms with Crippen LogP contribution in [0.25, 0.3) is 11.6 Å². The Morgan fingerprint density at radius 2 is 1.96 bits per heavy atom. The molecular formula is C21H18ClNO2. The molecule has 0 saturated heterocycles. The van der Waals surface area contributed by atoms with Crippen molar-refractivity contribution < 1.29 is 9.47 Å². The van der Waals surface area contributed by atoms with Crippen LogP contribution < -0.4 is 9.47 Å². The van der Waals surface area contributed by atoms with E-state index in [9.17, 15) is 5.26 Å². The lowest BCUT2D eigenvalue weighted by atomic mass is 10.0. The van der Waals surface area contributed by atoms with Gasteiger partial charge in [0.1, 0.15) is 6.61 Å². The first-order valence-electron chi connectivity index (χ1n) is 7.80. The number of allylic oxidation sites excluding steroid dienone is 1. The molecule has 126 valence electrons. The first-order chi connectivity index (χ1) is 12.1. The molecule has 0 fully saturated rings. The van der Waals surface area contributed by atoms with Gasteiger partial charge in [-0.05, 0) is 43.2 Å². The Balaban J connectivity index is 2.45. The van der Waals surface area contributed by atoms with Crippen LogP contribution in [0.15, 0.2) is 36.4 Å². The van der Waals surface area contributed by atoms with Crippen LogP contribution >= 0.6 is 11.6 Å². The van der Waals surface area contributed by atoms with Crippen LogP contribution in [0.2, 0.25) is 5.02 Å². The van der Waals surface area contributed by atoms with E-state index in [0.717, 1.165) is 16.7 Å². The van der Waals surface area contributed by atoms with Crippen molar-refractivity contribution in [1.29, 1.82) is 5.26 Å². The molecule has 3 nitrogen and oxygen atoms in total. The summed E-state index contributed by atoms with van der Waals surface area (Å²) in [6.07, 6.45) is 7.00. The number of rotatable bonds is 6. The minimum absolute atomic E-state index is 0.0990. The molecule has 0 amide bonds. The highest BCUT2D eigenvalue weighted by atomic mass is 35.5. The SMILES string of the molecule is C#CCOc1c(Cl)cc(/C=C(\C#N)c2ccc(C)cc2)cc1OCC. The lowest BCUT2D eigenvalue weighted by Crippen LogP contribution is -2.00. The van der Waals surface area contributed by atoms with Crippen molar-refractivity contribution in [2.45, 2.75) is 13.8 Å². The fourth-order valence-electron chi connectivity index (χ4n) is 2.27. The third-order valence-electron chi connectivity index (χ3n) is 3.43. The molecule has 0 saturated carbocycles. The van der Waals surface area contributed by atoms with Crippen molar-refractivity contribution in [1.82, 2.24) is 0 Å². The van der Waals surface area contributed by atoms with Gasteiger partial charge in [-0.15, -0.1) is 6.42 Å². The maximum absolute atomic E-state index is 9.49. The van der Waals surface area contributed by atoms with Crippen molar-refractivity contribution in [2.75, 3.05) is 13.2 Å². The molecule has 0 radical (unpaired) electrons. The Bertz CT molecular complexity index is 855. The highest BCUT2D eigenvalue weighted by Gasteiger charge is 2.12. The van der Waals surface area contributed by atoms with Crippen LogP contribution in [0.3, 0.4) is 0 Å². The summed E-state index contributed by atoms with van der Waals surface area (Å²) < 4.78 is 11.1. The molecule has 0 atom stereocenters. The van der Waals surface area contributed by atoms with Crippen LogP contribution in [-0.2, 0) is 0 Å². The Kier molecular flexibility index (Phi) is 6.52. The summed E-state index contributed by atoms with van der Waals surface area (Å²) in [6, 6.07) is 13.5. The molecule has 4 heteroatoms. The normalized spacial score (nSPS) is 10.7. The second kappa shape index (κ2) is 8.83. The number of nitriles is 1. The van der Waals surface area contributed by atoms with E-state index >= 15 is 0 Å². The monoisotopic (exact) mass is 351 g/mol. The van der Waals surface area contributed by atoms with Crippen molar-refractivity contribution >= 4 is 23.3 Å². The number of nitrogens with zero attached hydrogens (tertiary/aromatic N) is 1. The Hall–Kier alpha value is -2.88. The predicted octanol–water partition coefficient (Wildman–Crippen LogP) is 5.12. The number of benzene rings is 2. The molecule has 2 aromatic carbocycles. The predicted molar refractivity (Wildman–Crippen MR) is 102 cm³/mol. The van der Waals surface area contributed by atoms with E-state index in [2.05, 4.69) is 12.0 Å².